The van der Waals surface area contributed by atoms with Gasteiger partial charge in [0, 0.05) is 42.3 Å². The summed E-state index contributed by atoms with van der Waals surface area (Å²) in [5.41, 5.74) is 9.58. The van der Waals surface area contributed by atoms with Crippen LogP contribution in [0.3, 0.4) is 0 Å². The van der Waals surface area contributed by atoms with E-state index in [1.807, 2.05) is 6.07 Å². The van der Waals surface area contributed by atoms with Crippen molar-refractivity contribution in [2.45, 2.75) is 25.4 Å². The number of hydrogen-bond acceptors (Lipinski definition) is 5. The number of nitrogens with one attached hydrogen (secondary N) is 1. The Morgan fingerprint density at radius 3 is 2.91 bits per heavy atom. The van der Waals surface area contributed by atoms with E-state index in [1.54, 1.807) is 6.20 Å². The molecule has 2 aliphatic carbocycles. The second-order valence-electron chi connectivity index (χ2n) is 6.31. The number of nitrogens with zero attached hydrogens (tertiary/aromatic N) is 3. The molecule has 3 heterocycles. The van der Waals surface area contributed by atoms with Crippen LogP contribution in [-0.4, -0.2) is 34.5 Å². The number of aromatic nitrogens is 2. The van der Waals surface area contributed by atoms with E-state index in [0.29, 0.717) is 6.04 Å². The van der Waals surface area contributed by atoms with Crippen LogP contribution in [0.1, 0.15) is 18.4 Å². The third kappa shape index (κ3) is 2.08. The van der Waals surface area contributed by atoms with Crippen LogP contribution in [-0.2, 0) is 11.3 Å². The SMILES string of the molecule is c1cc2ccc3c4c(ccc-4c2nn1)NN(C1CCOCC1)C3. The molecule has 5 rings (SSSR count). The topological polar surface area (TPSA) is 50.3 Å². The van der Waals surface area contributed by atoms with Gasteiger partial charge in [-0.25, -0.2) is 5.01 Å². The number of fused-ring (bicyclic) bond motifs is 2. The van der Waals surface area contributed by atoms with E-state index in [-0.39, 0.29) is 0 Å². The smallest absolute Gasteiger partial charge is 0.101 e. The molecule has 0 aromatic carbocycles. The summed E-state index contributed by atoms with van der Waals surface area (Å²) in [5.74, 6) is 0. The fourth-order valence-corrected chi connectivity index (χ4v) is 3.80. The van der Waals surface area contributed by atoms with Gasteiger partial charge in [0.05, 0.1) is 11.9 Å². The van der Waals surface area contributed by atoms with Gasteiger partial charge in [0.15, 0.2) is 0 Å². The molecule has 0 spiro atoms. The van der Waals surface area contributed by atoms with Gasteiger partial charge in [0.1, 0.15) is 5.52 Å². The Balaban J connectivity index is 1.61. The lowest BCUT2D eigenvalue weighted by molar-refractivity contribution is 0.0397. The average Bonchev–Trinajstić information content (AvgIpc) is 2.97. The fourth-order valence-electron chi connectivity index (χ4n) is 3.80. The average molecular weight is 306 g/mol. The highest BCUT2D eigenvalue weighted by Gasteiger charge is 2.29. The maximum atomic E-state index is 5.50. The fraction of sp³-hybridized carbons (Fsp3) is 0.333. The zero-order valence-electron chi connectivity index (χ0n) is 12.8. The standard InChI is InChI=1S/C18H18N4O/c1-2-13-11-22(14-6-9-23-10-7-14)21-16-4-3-15(17(13)16)18-12(1)5-8-19-20-18/h1-5,8,14,21H,6-7,9-11H2. The van der Waals surface area contributed by atoms with Crippen molar-refractivity contribution in [1.29, 1.82) is 0 Å². The van der Waals surface area contributed by atoms with Crippen LogP contribution in [0.25, 0.3) is 22.0 Å². The Hall–Kier alpha value is -2.24. The summed E-state index contributed by atoms with van der Waals surface area (Å²) in [6.07, 6.45) is 3.92. The summed E-state index contributed by atoms with van der Waals surface area (Å²) >= 11 is 0. The first-order valence-corrected chi connectivity index (χ1v) is 8.17. The van der Waals surface area contributed by atoms with E-state index in [4.69, 9.17) is 4.74 Å². The summed E-state index contributed by atoms with van der Waals surface area (Å²) in [7, 11) is 0. The molecule has 23 heavy (non-hydrogen) atoms. The maximum Gasteiger partial charge on any atom is 0.101 e. The summed E-state index contributed by atoms with van der Waals surface area (Å²) in [5, 5.41) is 11.9. The minimum atomic E-state index is 0.529. The lowest BCUT2D eigenvalue weighted by atomic mass is 10.0. The number of hydrogen-bond donors (Lipinski definition) is 1. The van der Waals surface area contributed by atoms with Crippen molar-refractivity contribution in [3.05, 3.63) is 42.1 Å². The van der Waals surface area contributed by atoms with Gasteiger partial charge in [-0.1, -0.05) is 12.1 Å². The zero-order valence-corrected chi connectivity index (χ0v) is 12.8. The second kappa shape index (κ2) is 5.15. The molecule has 0 saturated carbocycles. The Morgan fingerprint density at radius 2 is 2.00 bits per heavy atom. The minimum Gasteiger partial charge on any atom is -0.381 e. The maximum absolute atomic E-state index is 5.50. The number of anilines is 1. The minimum absolute atomic E-state index is 0.529. The predicted molar refractivity (Wildman–Crippen MR) is 89.2 cm³/mol. The highest BCUT2D eigenvalue weighted by atomic mass is 16.5. The molecule has 1 fully saturated rings. The van der Waals surface area contributed by atoms with Gasteiger partial charge in [-0.3, -0.25) is 0 Å². The Labute approximate surface area is 134 Å². The molecule has 1 aromatic heterocycles. The summed E-state index contributed by atoms with van der Waals surface area (Å²) in [6, 6.07) is 11.3. The summed E-state index contributed by atoms with van der Waals surface area (Å²) in [6.45, 7) is 2.62. The Kier molecular flexibility index (Phi) is 2.96. The van der Waals surface area contributed by atoms with E-state index < -0.39 is 0 Å². The van der Waals surface area contributed by atoms with E-state index in [1.165, 1.54) is 22.4 Å². The lowest BCUT2D eigenvalue weighted by Gasteiger charge is -2.37. The van der Waals surface area contributed by atoms with Gasteiger partial charge in [0.2, 0.25) is 0 Å². The molecule has 0 atom stereocenters. The summed E-state index contributed by atoms with van der Waals surface area (Å²) in [4.78, 5) is 0. The van der Waals surface area contributed by atoms with Gasteiger partial charge in [-0.05, 0) is 36.6 Å². The van der Waals surface area contributed by atoms with Crippen molar-refractivity contribution < 1.29 is 4.74 Å². The molecule has 4 aliphatic rings. The molecule has 116 valence electrons. The summed E-state index contributed by atoms with van der Waals surface area (Å²) < 4.78 is 5.50. The molecule has 1 saturated heterocycles. The van der Waals surface area contributed by atoms with Crippen molar-refractivity contribution >= 4 is 16.6 Å². The van der Waals surface area contributed by atoms with E-state index in [0.717, 1.165) is 43.5 Å². The first-order valence-electron chi connectivity index (χ1n) is 8.17. The third-order valence-electron chi connectivity index (χ3n) is 4.98. The van der Waals surface area contributed by atoms with Crippen molar-refractivity contribution in [2.24, 2.45) is 0 Å². The highest BCUT2D eigenvalue weighted by Crippen LogP contribution is 2.42. The van der Waals surface area contributed by atoms with Gasteiger partial charge in [-0.2, -0.15) is 5.10 Å². The van der Waals surface area contributed by atoms with Gasteiger partial charge >= 0.3 is 0 Å². The van der Waals surface area contributed by atoms with Crippen molar-refractivity contribution in [3.63, 3.8) is 0 Å². The Morgan fingerprint density at radius 1 is 1.09 bits per heavy atom. The van der Waals surface area contributed by atoms with Crippen LogP contribution < -0.4 is 5.43 Å². The molecule has 1 aromatic rings. The molecule has 0 bridgehead atoms. The molecule has 0 radical (unpaired) electrons. The molecular formula is C18H18N4O. The number of ether oxygens (including phenoxy) is 1. The van der Waals surface area contributed by atoms with Gasteiger partial charge in [0.25, 0.3) is 0 Å². The quantitative estimate of drug-likeness (QED) is 0.749. The molecule has 1 N–H and O–H groups in total. The molecule has 5 nitrogen and oxygen atoms in total. The van der Waals surface area contributed by atoms with Crippen molar-refractivity contribution in [1.82, 2.24) is 15.2 Å². The first-order chi connectivity index (χ1) is 11.4. The molecule has 0 amide bonds. The van der Waals surface area contributed by atoms with Gasteiger partial charge in [-0.15, -0.1) is 5.10 Å². The van der Waals surface area contributed by atoms with Crippen LogP contribution in [0, 0.1) is 0 Å². The monoisotopic (exact) mass is 306 g/mol. The molecule has 2 aliphatic heterocycles. The molecule has 0 unspecified atom stereocenters. The number of rotatable bonds is 1. The number of hydrazine groups is 1. The van der Waals surface area contributed by atoms with Gasteiger partial charge < -0.3 is 10.2 Å². The van der Waals surface area contributed by atoms with Crippen LogP contribution >= 0.6 is 0 Å². The zero-order chi connectivity index (χ0) is 15.2. The second-order valence-corrected chi connectivity index (χ2v) is 6.31. The van der Waals surface area contributed by atoms with Crippen LogP contribution in [0.4, 0.5) is 5.69 Å². The third-order valence-corrected chi connectivity index (χ3v) is 4.98. The van der Waals surface area contributed by atoms with E-state index in [9.17, 15) is 0 Å². The molecule has 5 heteroatoms. The Bertz CT molecular complexity index is 844. The lowest BCUT2D eigenvalue weighted by Crippen LogP contribution is -2.44. The highest BCUT2D eigenvalue weighted by molar-refractivity contribution is 6.00. The molecular weight excluding hydrogens is 288 g/mol. The first kappa shape index (κ1) is 13.2. The normalized spacial score (nSPS) is 19.1. The predicted octanol–water partition coefficient (Wildman–Crippen LogP) is 3.06. The van der Waals surface area contributed by atoms with E-state index >= 15 is 0 Å². The van der Waals surface area contributed by atoms with E-state index in [2.05, 4.69) is 44.9 Å². The van der Waals surface area contributed by atoms with Crippen LogP contribution in [0.5, 0.6) is 0 Å². The largest absolute Gasteiger partial charge is 0.381 e. The van der Waals surface area contributed by atoms with Crippen LogP contribution in [0.15, 0.2) is 36.5 Å². The van der Waals surface area contributed by atoms with Crippen molar-refractivity contribution in [2.75, 3.05) is 18.6 Å². The van der Waals surface area contributed by atoms with Crippen LogP contribution in [0.2, 0.25) is 0 Å². The van der Waals surface area contributed by atoms with Crippen molar-refractivity contribution in [3.8, 4) is 11.1 Å².